The molecule has 2 atom stereocenters. The maximum absolute atomic E-state index is 14.1. The Labute approximate surface area is 118 Å². The van der Waals surface area contributed by atoms with Gasteiger partial charge in [0.25, 0.3) is 5.91 Å². The van der Waals surface area contributed by atoms with E-state index in [2.05, 4.69) is 5.32 Å². The van der Waals surface area contributed by atoms with Crippen molar-refractivity contribution in [1.82, 2.24) is 10.2 Å². The van der Waals surface area contributed by atoms with Crippen LogP contribution in [-0.2, 0) is 4.79 Å². The van der Waals surface area contributed by atoms with Crippen LogP contribution in [0, 0.1) is 5.82 Å². The monoisotopic (exact) mass is 280 g/mol. The molecule has 1 fully saturated rings. The lowest BCUT2D eigenvalue weighted by Gasteiger charge is -2.16. The van der Waals surface area contributed by atoms with E-state index in [9.17, 15) is 9.18 Å². The number of carbonyl (C=O) groups is 1. The number of likely N-dealkylation sites (tertiary alicyclic amines) is 1. The van der Waals surface area contributed by atoms with E-state index in [1.165, 1.54) is 6.07 Å². The summed E-state index contributed by atoms with van der Waals surface area (Å²) in [5.41, 5.74) is 0.606. The Bertz CT molecular complexity index is 493. The fraction of sp³-hybridized carbons (Fsp3) is 0.533. The first-order chi connectivity index (χ1) is 9.52. The molecule has 0 bridgehead atoms. The zero-order chi connectivity index (χ0) is 14.7. The predicted molar refractivity (Wildman–Crippen MR) is 75.2 cm³/mol. The number of carbonyl (C=O) groups excluding carboxylic acids is 1. The van der Waals surface area contributed by atoms with Crippen LogP contribution >= 0.6 is 0 Å². The van der Waals surface area contributed by atoms with E-state index in [-0.39, 0.29) is 17.8 Å². The lowest BCUT2D eigenvalue weighted by molar-refractivity contribution is -0.132. The summed E-state index contributed by atoms with van der Waals surface area (Å²) in [4.78, 5) is 13.4. The average molecular weight is 280 g/mol. The Morgan fingerprint density at radius 2 is 2.30 bits per heavy atom. The molecule has 1 aromatic rings. The highest BCUT2D eigenvalue weighted by atomic mass is 19.1. The molecule has 5 heteroatoms. The highest BCUT2D eigenvalue weighted by Gasteiger charge is 2.30. The largest absolute Gasteiger partial charge is 0.480 e. The van der Waals surface area contributed by atoms with Crippen LogP contribution < -0.4 is 10.1 Å². The molecule has 20 heavy (non-hydrogen) atoms. The average Bonchev–Trinajstić information content (AvgIpc) is 2.71. The van der Waals surface area contributed by atoms with Gasteiger partial charge in [0.15, 0.2) is 6.10 Å². The lowest BCUT2D eigenvalue weighted by atomic mass is 10.1. The highest BCUT2D eigenvalue weighted by molar-refractivity contribution is 5.83. The van der Waals surface area contributed by atoms with Crippen LogP contribution in [0.3, 0.4) is 0 Å². The summed E-state index contributed by atoms with van der Waals surface area (Å²) in [6.45, 7) is 5.36. The van der Waals surface area contributed by atoms with Gasteiger partial charge in [0, 0.05) is 37.7 Å². The fourth-order valence-electron chi connectivity index (χ4n) is 2.41. The van der Waals surface area contributed by atoms with Crippen molar-refractivity contribution in [2.24, 2.45) is 0 Å². The topological polar surface area (TPSA) is 41.6 Å². The van der Waals surface area contributed by atoms with E-state index in [4.69, 9.17) is 4.74 Å². The number of ether oxygens (including phenoxy) is 1. The smallest absolute Gasteiger partial charge is 0.263 e. The first kappa shape index (κ1) is 14.8. The normalized spacial score (nSPS) is 20.3. The first-order valence-electron chi connectivity index (χ1n) is 6.97. The van der Waals surface area contributed by atoms with Crippen molar-refractivity contribution in [3.05, 3.63) is 29.6 Å². The van der Waals surface area contributed by atoms with Gasteiger partial charge in [-0.2, -0.15) is 0 Å². The highest BCUT2D eigenvalue weighted by Crippen LogP contribution is 2.24. The lowest BCUT2D eigenvalue weighted by Crippen LogP contribution is -2.29. The van der Waals surface area contributed by atoms with Crippen LogP contribution in [0.4, 0.5) is 4.39 Å². The van der Waals surface area contributed by atoms with Crippen LogP contribution in [0.25, 0.3) is 0 Å². The van der Waals surface area contributed by atoms with Gasteiger partial charge in [-0.3, -0.25) is 4.79 Å². The minimum Gasteiger partial charge on any atom is -0.480 e. The van der Waals surface area contributed by atoms with Crippen LogP contribution in [0.5, 0.6) is 5.75 Å². The third-order valence-corrected chi connectivity index (χ3v) is 3.61. The second kappa shape index (κ2) is 6.22. The van der Waals surface area contributed by atoms with Crippen molar-refractivity contribution < 1.29 is 13.9 Å². The molecular formula is C15H21FN2O2. The van der Waals surface area contributed by atoms with Crippen LogP contribution in [0.15, 0.2) is 18.2 Å². The number of hydrogen-bond acceptors (Lipinski definition) is 3. The molecule has 2 rings (SSSR count). The molecule has 1 heterocycles. The zero-order valence-corrected chi connectivity index (χ0v) is 12.1. The maximum Gasteiger partial charge on any atom is 0.263 e. The summed E-state index contributed by atoms with van der Waals surface area (Å²) >= 11 is 0. The summed E-state index contributed by atoms with van der Waals surface area (Å²) in [6.07, 6.45) is 0.156. The second-order valence-corrected chi connectivity index (χ2v) is 5.12. The van der Waals surface area contributed by atoms with E-state index >= 15 is 0 Å². The van der Waals surface area contributed by atoms with Crippen LogP contribution in [0.2, 0.25) is 0 Å². The molecule has 0 aromatic heterocycles. The number of nitrogens with zero attached hydrogens (tertiary/aromatic N) is 1. The second-order valence-electron chi connectivity index (χ2n) is 5.12. The molecule has 0 aliphatic carbocycles. The molecule has 1 saturated heterocycles. The van der Waals surface area contributed by atoms with Gasteiger partial charge in [0.1, 0.15) is 11.6 Å². The number of hydrogen-bond donors (Lipinski definition) is 1. The van der Waals surface area contributed by atoms with E-state index in [1.54, 1.807) is 24.1 Å². The Balaban J connectivity index is 2.07. The number of halogens is 1. The quantitative estimate of drug-likeness (QED) is 0.898. The molecule has 0 spiro atoms. The van der Waals surface area contributed by atoms with Crippen molar-refractivity contribution in [1.29, 1.82) is 0 Å². The number of nitrogens with one attached hydrogen (secondary N) is 1. The van der Waals surface area contributed by atoms with Gasteiger partial charge < -0.3 is 15.0 Å². The molecule has 1 aromatic carbocycles. The fourth-order valence-corrected chi connectivity index (χ4v) is 2.41. The van der Waals surface area contributed by atoms with Gasteiger partial charge in [-0.1, -0.05) is 13.0 Å². The van der Waals surface area contributed by atoms with Gasteiger partial charge in [0.05, 0.1) is 0 Å². The van der Waals surface area contributed by atoms with E-state index in [0.29, 0.717) is 24.3 Å². The Hall–Kier alpha value is -1.62. The molecule has 1 amide bonds. The van der Waals surface area contributed by atoms with Crippen LogP contribution in [0.1, 0.15) is 31.9 Å². The summed E-state index contributed by atoms with van der Waals surface area (Å²) in [7, 11) is 1.74. The van der Waals surface area contributed by atoms with E-state index in [1.807, 2.05) is 13.8 Å². The molecule has 1 N–H and O–H groups in total. The van der Waals surface area contributed by atoms with Crippen LogP contribution in [-0.4, -0.2) is 37.0 Å². The Morgan fingerprint density at radius 3 is 2.85 bits per heavy atom. The number of rotatable bonds is 5. The molecule has 0 saturated carbocycles. The van der Waals surface area contributed by atoms with E-state index in [0.717, 1.165) is 6.54 Å². The van der Waals surface area contributed by atoms with Gasteiger partial charge in [-0.25, -0.2) is 4.39 Å². The predicted octanol–water partition coefficient (Wildman–Crippen LogP) is 2.11. The van der Waals surface area contributed by atoms with Crippen molar-refractivity contribution >= 4 is 5.91 Å². The summed E-state index contributed by atoms with van der Waals surface area (Å²) in [5, 5.41) is 3.17. The SMILES string of the molecule is CCNC(C)c1ccc(OC2CCN(C)C2=O)cc1F. The molecule has 1 aliphatic rings. The molecule has 2 unspecified atom stereocenters. The molecule has 1 aliphatic heterocycles. The summed E-state index contributed by atoms with van der Waals surface area (Å²) in [5.74, 6) is 0.0499. The molecular weight excluding hydrogens is 259 g/mol. The summed E-state index contributed by atoms with van der Waals surface area (Å²) < 4.78 is 19.6. The number of benzene rings is 1. The Morgan fingerprint density at radius 1 is 1.55 bits per heavy atom. The molecule has 110 valence electrons. The minimum atomic E-state index is -0.489. The van der Waals surface area contributed by atoms with Gasteiger partial charge in [-0.15, -0.1) is 0 Å². The Kier molecular flexibility index (Phi) is 4.60. The zero-order valence-electron chi connectivity index (χ0n) is 12.1. The van der Waals surface area contributed by atoms with E-state index < -0.39 is 6.10 Å². The molecule has 4 nitrogen and oxygen atoms in total. The first-order valence-corrected chi connectivity index (χ1v) is 6.97. The van der Waals surface area contributed by atoms with Crippen molar-refractivity contribution in [3.63, 3.8) is 0 Å². The number of likely N-dealkylation sites (N-methyl/N-ethyl adjacent to an activating group) is 1. The van der Waals surface area contributed by atoms with Gasteiger partial charge in [-0.05, 0) is 19.5 Å². The van der Waals surface area contributed by atoms with Gasteiger partial charge in [0.2, 0.25) is 0 Å². The summed E-state index contributed by atoms with van der Waals surface area (Å²) in [6, 6.07) is 4.74. The standard InChI is InChI=1S/C15H21FN2O2/c1-4-17-10(2)12-6-5-11(9-13(12)16)20-14-7-8-18(3)15(14)19/h5-6,9-10,14,17H,4,7-8H2,1-3H3. The maximum atomic E-state index is 14.1. The third-order valence-electron chi connectivity index (χ3n) is 3.61. The minimum absolute atomic E-state index is 0.0458. The molecule has 0 radical (unpaired) electrons. The van der Waals surface area contributed by atoms with Crippen molar-refractivity contribution in [2.75, 3.05) is 20.1 Å². The third kappa shape index (κ3) is 3.10. The number of amides is 1. The van der Waals surface area contributed by atoms with Gasteiger partial charge >= 0.3 is 0 Å². The van der Waals surface area contributed by atoms with Crippen molar-refractivity contribution in [2.45, 2.75) is 32.4 Å². The van der Waals surface area contributed by atoms with Crippen molar-refractivity contribution in [3.8, 4) is 5.75 Å².